The van der Waals surface area contributed by atoms with Crippen molar-refractivity contribution in [3.8, 4) is 5.75 Å². The zero-order valence-electron chi connectivity index (χ0n) is 13.8. The van der Waals surface area contributed by atoms with Gasteiger partial charge >= 0.3 is 0 Å². The van der Waals surface area contributed by atoms with Crippen molar-refractivity contribution >= 4 is 0 Å². The van der Waals surface area contributed by atoms with E-state index >= 15 is 0 Å². The molecule has 1 fully saturated rings. The second-order valence-corrected chi connectivity index (χ2v) is 5.97. The predicted octanol–water partition coefficient (Wildman–Crippen LogP) is 2.91. The normalized spacial score (nSPS) is 23.4. The summed E-state index contributed by atoms with van der Waals surface area (Å²) in [5, 5.41) is 8.17. The van der Waals surface area contributed by atoms with E-state index < -0.39 is 0 Å². The average molecular weight is 295 g/mol. The number of methoxy groups -OCH3 is 1. The van der Waals surface area contributed by atoms with Crippen LogP contribution in [0, 0.1) is 0 Å². The molecule has 2 unspecified atom stereocenters. The minimum absolute atomic E-state index is 0.115. The van der Waals surface area contributed by atoms with E-state index in [2.05, 4.69) is 35.9 Å². The lowest BCUT2D eigenvalue weighted by Crippen LogP contribution is -2.43. The van der Waals surface area contributed by atoms with Crippen molar-refractivity contribution in [2.45, 2.75) is 64.6 Å². The highest BCUT2D eigenvalue weighted by molar-refractivity contribution is 5.31. The molecule has 0 radical (unpaired) electrons. The maximum absolute atomic E-state index is 6.10. The molecule has 5 nitrogen and oxygen atoms in total. The molecule has 0 spiro atoms. The highest BCUT2D eigenvalue weighted by Crippen LogP contribution is 2.40. The van der Waals surface area contributed by atoms with Gasteiger partial charge in [-0.1, -0.05) is 13.8 Å². The van der Waals surface area contributed by atoms with Crippen LogP contribution in [0.2, 0.25) is 0 Å². The average Bonchev–Trinajstić information content (AvgIpc) is 3.08. The van der Waals surface area contributed by atoms with E-state index in [4.69, 9.17) is 9.47 Å². The Morgan fingerprint density at radius 1 is 1.48 bits per heavy atom. The zero-order valence-corrected chi connectivity index (χ0v) is 13.8. The molecule has 1 saturated heterocycles. The Morgan fingerprint density at radius 2 is 2.29 bits per heavy atom. The molecule has 1 aromatic rings. The Balaban J connectivity index is 2.37. The minimum Gasteiger partial charge on any atom is -0.493 e. The summed E-state index contributed by atoms with van der Waals surface area (Å²) in [5.74, 6) is 0.855. The van der Waals surface area contributed by atoms with Crippen LogP contribution in [-0.2, 0) is 11.3 Å². The lowest BCUT2D eigenvalue weighted by atomic mass is 9.90. The molecule has 5 heteroatoms. The number of aryl methyl sites for hydroxylation is 1. The number of aromatic nitrogens is 2. The van der Waals surface area contributed by atoms with Gasteiger partial charge in [-0.05, 0) is 39.2 Å². The topological polar surface area (TPSA) is 48.3 Å². The fourth-order valence-electron chi connectivity index (χ4n) is 3.14. The van der Waals surface area contributed by atoms with Crippen LogP contribution in [-0.4, -0.2) is 35.6 Å². The monoisotopic (exact) mass is 295 g/mol. The van der Waals surface area contributed by atoms with Gasteiger partial charge in [0.1, 0.15) is 5.69 Å². The summed E-state index contributed by atoms with van der Waals surface area (Å²) < 4.78 is 13.7. The van der Waals surface area contributed by atoms with E-state index in [0.29, 0.717) is 0 Å². The van der Waals surface area contributed by atoms with Crippen LogP contribution < -0.4 is 10.1 Å². The van der Waals surface area contributed by atoms with Gasteiger partial charge in [0, 0.05) is 13.2 Å². The van der Waals surface area contributed by atoms with E-state index in [1.165, 1.54) is 0 Å². The first-order valence-corrected chi connectivity index (χ1v) is 8.13. The third-order valence-electron chi connectivity index (χ3n) is 4.23. The summed E-state index contributed by atoms with van der Waals surface area (Å²) in [6.07, 6.45) is 6.15. The van der Waals surface area contributed by atoms with Crippen LogP contribution in [0.5, 0.6) is 5.75 Å². The zero-order chi connectivity index (χ0) is 15.3. The van der Waals surface area contributed by atoms with Gasteiger partial charge in [0.15, 0.2) is 5.75 Å². The number of nitrogens with one attached hydrogen (secondary N) is 1. The van der Waals surface area contributed by atoms with Crippen molar-refractivity contribution in [2.75, 3.05) is 20.3 Å². The van der Waals surface area contributed by atoms with Crippen LogP contribution >= 0.6 is 0 Å². The largest absolute Gasteiger partial charge is 0.493 e. The van der Waals surface area contributed by atoms with E-state index in [1.807, 2.05) is 6.20 Å². The molecule has 0 amide bonds. The fourth-order valence-corrected chi connectivity index (χ4v) is 3.14. The van der Waals surface area contributed by atoms with Gasteiger partial charge in [-0.15, -0.1) is 0 Å². The molecule has 0 aliphatic carbocycles. The molecular formula is C16H29N3O2. The van der Waals surface area contributed by atoms with Crippen molar-refractivity contribution in [2.24, 2.45) is 0 Å². The highest BCUT2D eigenvalue weighted by Gasteiger charge is 2.42. The summed E-state index contributed by atoms with van der Waals surface area (Å²) >= 11 is 0. The molecular weight excluding hydrogens is 266 g/mol. The predicted molar refractivity (Wildman–Crippen MR) is 83.7 cm³/mol. The van der Waals surface area contributed by atoms with E-state index in [9.17, 15) is 0 Å². The summed E-state index contributed by atoms with van der Waals surface area (Å²) in [5.41, 5.74) is 0.936. The van der Waals surface area contributed by atoms with Crippen molar-refractivity contribution in [1.29, 1.82) is 0 Å². The Kier molecular flexibility index (Phi) is 5.65. The van der Waals surface area contributed by atoms with Gasteiger partial charge in [0.25, 0.3) is 0 Å². The maximum atomic E-state index is 6.10. The summed E-state index contributed by atoms with van der Waals surface area (Å²) in [7, 11) is 1.71. The van der Waals surface area contributed by atoms with Crippen LogP contribution in [0.25, 0.3) is 0 Å². The third kappa shape index (κ3) is 3.40. The van der Waals surface area contributed by atoms with Gasteiger partial charge in [0.05, 0.1) is 24.9 Å². The summed E-state index contributed by atoms with van der Waals surface area (Å²) in [6, 6.07) is 0.115. The first-order valence-electron chi connectivity index (χ1n) is 8.13. The van der Waals surface area contributed by atoms with Crippen molar-refractivity contribution in [3.63, 3.8) is 0 Å². The molecule has 0 bridgehead atoms. The molecule has 1 aliphatic heterocycles. The molecule has 0 aromatic carbocycles. The number of rotatable bonds is 8. The van der Waals surface area contributed by atoms with Gasteiger partial charge in [0.2, 0.25) is 0 Å². The van der Waals surface area contributed by atoms with Gasteiger partial charge in [-0.3, -0.25) is 4.68 Å². The molecule has 1 N–H and O–H groups in total. The first kappa shape index (κ1) is 16.3. The standard InChI is InChI=1S/C16H29N3O2/c1-5-9-17-15(16(3)8-7-11-21-16)14-13(20-4)12-18-19(14)10-6-2/h12,15,17H,5-11H2,1-4H3. The van der Waals surface area contributed by atoms with Gasteiger partial charge < -0.3 is 14.8 Å². The van der Waals surface area contributed by atoms with E-state index in [0.717, 1.165) is 56.8 Å². The van der Waals surface area contributed by atoms with Crippen LogP contribution in [0.15, 0.2) is 6.20 Å². The Labute approximate surface area is 128 Å². The second-order valence-electron chi connectivity index (χ2n) is 5.97. The fraction of sp³-hybridized carbons (Fsp3) is 0.812. The van der Waals surface area contributed by atoms with Crippen LogP contribution in [0.1, 0.15) is 58.2 Å². The summed E-state index contributed by atoms with van der Waals surface area (Å²) in [6.45, 7) is 9.26. The Hall–Kier alpha value is -1.07. The number of nitrogens with zero attached hydrogens (tertiary/aromatic N) is 2. The molecule has 120 valence electrons. The molecule has 21 heavy (non-hydrogen) atoms. The first-order chi connectivity index (χ1) is 10.2. The molecule has 0 saturated carbocycles. The lowest BCUT2D eigenvalue weighted by molar-refractivity contribution is -0.0154. The maximum Gasteiger partial charge on any atom is 0.161 e. The molecule has 2 rings (SSSR count). The van der Waals surface area contributed by atoms with E-state index in [-0.39, 0.29) is 11.6 Å². The third-order valence-corrected chi connectivity index (χ3v) is 4.23. The van der Waals surface area contributed by atoms with Crippen LogP contribution in [0.4, 0.5) is 0 Å². The quantitative estimate of drug-likeness (QED) is 0.801. The molecule has 2 atom stereocenters. The molecule has 1 aliphatic rings. The van der Waals surface area contributed by atoms with Crippen molar-refractivity contribution < 1.29 is 9.47 Å². The lowest BCUT2D eigenvalue weighted by Gasteiger charge is -2.35. The summed E-state index contributed by atoms with van der Waals surface area (Å²) in [4.78, 5) is 0. The van der Waals surface area contributed by atoms with Gasteiger partial charge in [-0.25, -0.2) is 0 Å². The Bertz CT molecular complexity index is 439. The van der Waals surface area contributed by atoms with Crippen molar-refractivity contribution in [1.82, 2.24) is 15.1 Å². The highest BCUT2D eigenvalue weighted by atomic mass is 16.5. The van der Waals surface area contributed by atoms with Crippen molar-refractivity contribution in [3.05, 3.63) is 11.9 Å². The van der Waals surface area contributed by atoms with Crippen LogP contribution in [0.3, 0.4) is 0 Å². The smallest absolute Gasteiger partial charge is 0.161 e. The van der Waals surface area contributed by atoms with Gasteiger partial charge in [-0.2, -0.15) is 5.10 Å². The Morgan fingerprint density at radius 3 is 2.86 bits per heavy atom. The molecule has 1 aromatic heterocycles. The SMILES string of the molecule is CCCNC(c1c(OC)cnn1CCC)C1(C)CCCO1. The number of ether oxygens (including phenoxy) is 2. The number of hydrogen-bond acceptors (Lipinski definition) is 4. The minimum atomic E-state index is -0.187. The molecule has 2 heterocycles. The van der Waals surface area contributed by atoms with E-state index in [1.54, 1.807) is 7.11 Å². The number of hydrogen-bond donors (Lipinski definition) is 1. The second kappa shape index (κ2) is 7.27.